The van der Waals surface area contributed by atoms with Gasteiger partial charge < -0.3 is 14.7 Å². The lowest BCUT2D eigenvalue weighted by molar-refractivity contribution is -0.126. The van der Waals surface area contributed by atoms with Crippen LogP contribution >= 0.6 is 0 Å². The molecule has 140 valence electrons. The first-order valence-electron chi connectivity index (χ1n) is 9.13. The summed E-state index contributed by atoms with van der Waals surface area (Å²) >= 11 is 0. The first-order chi connectivity index (χ1) is 13.0. The highest BCUT2D eigenvalue weighted by atomic mass is 16.2. The summed E-state index contributed by atoms with van der Waals surface area (Å²) < 4.78 is 0. The highest BCUT2D eigenvalue weighted by molar-refractivity contribution is 5.94. The molecule has 3 rings (SSSR count). The molecule has 0 unspecified atom stereocenters. The van der Waals surface area contributed by atoms with Gasteiger partial charge in [-0.3, -0.25) is 9.59 Å². The molecule has 1 aliphatic rings. The average Bonchev–Trinajstić information content (AvgIpc) is 2.72. The molecule has 0 spiro atoms. The Balaban J connectivity index is 1.54. The quantitative estimate of drug-likeness (QED) is 0.785. The third-order valence-electron chi connectivity index (χ3n) is 4.69. The number of carbonyl (C=O) groups excluding carboxylic acids is 2. The number of benzene rings is 2. The van der Waals surface area contributed by atoms with Crippen molar-refractivity contribution in [2.75, 3.05) is 45.2 Å². The molecule has 0 aromatic heterocycles. The van der Waals surface area contributed by atoms with Gasteiger partial charge in [0.15, 0.2) is 0 Å². The van der Waals surface area contributed by atoms with Gasteiger partial charge in [-0.1, -0.05) is 30.3 Å². The third-order valence-corrected chi connectivity index (χ3v) is 4.69. The zero-order valence-corrected chi connectivity index (χ0v) is 15.8. The molecule has 5 nitrogen and oxygen atoms in total. The van der Waals surface area contributed by atoms with Crippen LogP contribution in [0.25, 0.3) is 6.08 Å². The monoisotopic (exact) mass is 363 g/mol. The van der Waals surface area contributed by atoms with Gasteiger partial charge in [-0.15, -0.1) is 0 Å². The van der Waals surface area contributed by atoms with E-state index in [1.807, 2.05) is 35.2 Å². The normalized spacial score (nSPS) is 14.4. The summed E-state index contributed by atoms with van der Waals surface area (Å²) in [6, 6.07) is 17.6. The van der Waals surface area contributed by atoms with Crippen LogP contribution in [-0.4, -0.2) is 61.9 Å². The van der Waals surface area contributed by atoms with Gasteiger partial charge in [0.25, 0.3) is 5.91 Å². The van der Waals surface area contributed by atoms with E-state index in [0.717, 1.165) is 18.7 Å². The average molecular weight is 363 g/mol. The summed E-state index contributed by atoms with van der Waals surface area (Å²) in [4.78, 5) is 30.1. The van der Waals surface area contributed by atoms with E-state index in [9.17, 15) is 9.59 Å². The van der Waals surface area contributed by atoms with Crippen LogP contribution in [0.4, 0.5) is 5.69 Å². The van der Waals surface area contributed by atoms with Gasteiger partial charge in [0, 0.05) is 57.6 Å². The number of amides is 2. The van der Waals surface area contributed by atoms with Crippen molar-refractivity contribution in [3.63, 3.8) is 0 Å². The first-order valence-corrected chi connectivity index (χ1v) is 9.13. The standard InChI is InChI=1S/C22H25N3O2/c1-23(2)22(27)19-11-8-18(9-12-19)10-13-21(26)25-16-14-24(15-17-25)20-6-4-3-5-7-20/h3-13H,14-17H2,1-2H3/b13-10+. The minimum Gasteiger partial charge on any atom is -0.368 e. The van der Waals surface area contributed by atoms with Crippen LogP contribution < -0.4 is 4.90 Å². The van der Waals surface area contributed by atoms with Crippen LogP contribution in [0.3, 0.4) is 0 Å². The van der Waals surface area contributed by atoms with Crippen LogP contribution in [0, 0.1) is 0 Å². The number of piperazine rings is 1. The molecule has 2 aromatic carbocycles. The number of hydrogen-bond donors (Lipinski definition) is 0. The maximum atomic E-state index is 12.4. The Hall–Kier alpha value is -3.08. The Bertz CT molecular complexity index is 805. The van der Waals surface area contributed by atoms with Gasteiger partial charge in [-0.2, -0.15) is 0 Å². The second kappa shape index (κ2) is 8.54. The molecule has 0 radical (unpaired) electrons. The topological polar surface area (TPSA) is 43.9 Å². The smallest absolute Gasteiger partial charge is 0.253 e. The third kappa shape index (κ3) is 4.76. The molecule has 1 heterocycles. The predicted molar refractivity (Wildman–Crippen MR) is 109 cm³/mol. The number of rotatable bonds is 4. The zero-order valence-electron chi connectivity index (χ0n) is 15.8. The van der Waals surface area contributed by atoms with Crippen LogP contribution in [0.2, 0.25) is 0 Å². The lowest BCUT2D eigenvalue weighted by atomic mass is 10.1. The molecule has 5 heteroatoms. The number of carbonyl (C=O) groups is 2. The zero-order chi connectivity index (χ0) is 19.2. The van der Waals surface area contributed by atoms with E-state index in [2.05, 4.69) is 17.0 Å². The van der Waals surface area contributed by atoms with Crippen molar-refractivity contribution in [2.45, 2.75) is 0 Å². The Morgan fingerprint density at radius 1 is 0.889 bits per heavy atom. The molecule has 1 aliphatic heterocycles. The molecule has 27 heavy (non-hydrogen) atoms. The fraction of sp³-hybridized carbons (Fsp3) is 0.273. The maximum Gasteiger partial charge on any atom is 0.253 e. The van der Waals surface area contributed by atoms with Crippen molar-refractivity contribution in [1.82, 2.24) is 9.80 Å². The van der Waals surface area contributed by atoms with Crippen molar-refractivity contribution < 1.29 is 9.59 Å². The fourth-order valence-electron chi connectivity index (χ4n) is 3.09. The Morgan fingerprint density at radius 3 is 2.11 bits per heavy atom. The van der Waals surface area contributed by atoms with Gasteiger partial charge in [0.1, 0.15) is 0 Å². The van der Waals surface area contributed by atoms with Crippen LogP contribution in [0.5, 0.6) is 0 Å². The minimum atomic E-state index is -0.0297. The lowest BCUT2D eigenvalue weighted by Gasteiger charge is -2.35. The molecule has 0 bridgehead atoms. The fourth-order valence-corrected chi connectivity index (χ4v) is 3.09. The maximum absolute atomic E-state index is 12.4. The SMILES string of the molecule is CN(C)C(=O)c1ccc(/C=C/C(=O)N2CCN(c3ccccc3)CC2)cc1. The van der Waals surface area contributed by atoms with Gasteiger partial charge >= 0.3 is 0 Å². The van der Waals surface area contributed by atoms with Crippen molar-refractivity contribution in [2.24, 2.45) is 0 Å². The van der Waals surface area contributed by atoms with Gasteiger partial charge in [-0.25, -0.2) is 0 Å². The first kappa shape index (κ1) is 18.7. The molecule has 0 atom stereocenters. The summed E-state index contributed by atoms with van der Waals surface area (Å²) in [7, 11) is 3.46. The molecule has 1 saturated heterocycles. The van der Waals surface area contributed by atoms with Crippen molar-refractivity contribution in [3.05, 3.63) is 71.8 Å². The van der Waals surface area contributed by atoms with Gasteiger partial charge in [0.05, 0.1) is 0 Å². The number of anilines is 1. The second-order valence-electron chi connectivity index (χ2n) is 6.80. The molecule has 2 amide bonds. The number of hydrogen-bond acceptors (Lipinski definition) is 3. The van der Waals surface area contributed by atoms with Gasteiger partial charge in [-0.05, 0) is 35.9 Å². The Labute approximate surface area is 160 Å². The van der Waals surface area contributed by atoms with Crippen LogP contribution in [-0.2, 0) is 4.79 Å². The molecule has 1 fully saturated rings. The highest BCUT2D eigenvalue weighted by Gasteiger charge is 2.19. The van der Waals surface area contributed by atoms with Crippen molar-refractivity contribution >= 4 is 23.6 Å². The van der Waals surface area contributed by atoms with E-state index >= 15 is 0 Å². The van der Waals surface area contributed by atoms with E-state index in [1.54, 1.807) is 43.3 Å². The summed E-state index contributed by atoms with van der Waals surface area (Å²) in [5, 5.41) is 0. The molecular formula is C22H25N3O2. The number of para-hydroxylation sites is 1. The van der Waals surface area contributed by atoms with Gasteiger partial charge in [0.2, 0.25) is 5.91 Å². The molecule has 0 saturated carbocycles. The van der Waals surface area contributed by atoms with Crippen molar-refractivity contribution in [3.8, 4) is 0 Å². The second-order valence-corrected chi connectivity index (χ2v) is 6.80. The summed E-state index contributed by atoms with van der Waals surface area (Å²) in [5.74, 6) is -0.00551. The summed E-state index contributed by atoms with van der Waals surface area (Å²) in [6.45, 7) is 3.11. The van der Waals surface area contributed by atoms with Crippen LogP contribution in [0.15, 0.2) is 60.7 Å². The molecule has 2 aromatic rings. The number of nitrogens with zero attached hydrogens (tertiary/aromatic N) is 3. The predicted octanol–water partition coefficient (Wildman–Crippen LogP) is 2.75. The van der Waals surface area contributed by atoms with E-state index < -0.39 is 0 Å². The largest absolute Gasteiger partial charge is 0.368 e. The Kier molecular flexibility index (Phi) is 5.91. The molecule has 0 N–H and O–H groups in total. The van der Waals surface area contributed by atoms with E-state index in [4.69, 9.17) is 0 Å². The lowest BCUT2D eigenvalue weighted by Crippen LogP contribution is -2.48. The molecule has 0 aliphatic carbocycles. The Morgan fingerprint density at radius 2 is 1.52 bits per heavy atom. The van der Waals surface area contributed by atoms with E-state index in [0.29, 0.717) is 18.7 Å². The van der Waals surface area contributed by atoms with E-state index in [1.165, 1.54) is 5.69 Å². The summed E-state index contributed by atoms with van der Waals surface area (Å²) in [5.41, 5.74) is 2.74. The van der Waals surface area contributed by atoms with E-state index in [-0.39, 0.29) is 11.8 Å². The minimum absolute atomic E-state index is 0.0242. The molecular weight excluding hydrogens is 338 g/mol. The van der Waals surface area contributed by atoms with Crippen molar-refractivity contribution in [1.29, 1.82) is 0 Å². The highest BCUT2D eigenvalue weighted by Crippen LogP contribution is 2.16. The van der Waals surface area contributed by atoms with Crippen LogP contribution in [0.1, 0.15) is 15.9 Å². The summed E-state index contributed by atoms with van der Waals surface area (Å²) in [6.07, 6.45) is 3.41.